The number of piperidine rings is 1. The lowest BCUT2D eigenvalue weighted by Gasteiger charge is -2.33. The molecular formula is C21H23ClN2. The Kier molecular flexibility index (Phi) is 3.57. The van der Waals surface area contributed by atoms with E-state index in [-0.39, 0.29) is 0 Å². The number of nitrogens with one attached hydrogen (secondary N) is 1. The molecule has 1 fully saturated rings. The van der Waals surface area contributed by atoms with E-state index in [1.807, 2.05) is 12.1 Å². The van der Waals surface area contributed by atoms with Gasteiger partial charge < -0.3 is 10.2 Å². The van der Waals surface area contributed by atoms with Gasteiger partial charge in [-0.15, -0.1) is 0 Å². The Bertz CT molecular complexity index is 785. The highest BCUT2D eigenvalue weighted by molar-refractivity contribution is 6.33. The number of anilines is 1. The third kappa shape index (κ3) is 2.20. The topological polar surface area (TPSA) is 15.3 Å². The number of nitrogens with zero attached hydrogens (tertiary/aromatic N) is 1. The number of rotatable bonds is 1. The van der Waals surface area contributed by atoms with E-state index in [1.165, 1.54) is 48.9 Å². The molecule has 3 aliphatic heterocycles. The number of aryl methyl sites for hydroxylation is 1. The van der Waals surface area contributed by atoms with Gasteiger partial charge in [0, 0.05) is 41.3 Å². The molecule has 0 spiro atoms. The first-order valence-corrected chi connectivity index (χ1v) is 9.60. The molecule has 24 heavy (non-hydrogen) atoms. The van der Waals surface area contributed by atoms with E-state index in [1.54, 1.807) is 11.3 Å². The van der Waals surface area contributed by atoms with Crippen LogP contribution in [0.2, 0.25) is 5.02 Å². The molecule has 0 aromatic heterocycles. The zero-order chi connectivity index (χ0) is 16.1. The first-order chi connectivity index (χ1) is 11.8. The smallest absolute Gasteiger partial charge is 0.0484 e. The Morgan fingerprint density at radius 2 is 2.04 bits per heavy atom. The molecule has 0 unspecified atom stereocenters. The Morgan fingerprint density at radius 3 is 2.96 bits per heavy atom. The molecule has 2 atom stereocenters. The minimum absolute atomic E-state index is 0.632. The van der Waals surface area contributed by atoms with E-state index in [4.69, 9.17) is 11.6 Å². The highest BCUT2D eigenvalue weighted by atomic mass is 35.5. The van der Waals surface area contributed by atoms with Crippen molar-refractivity contribution in [2.75, 3.05) is 24.5 Å². The minimum Gasteiger partial charge on any atom is -0.367 e. The molecule has 0 amide bonds. The molecule has 3 heterocycles. The lowest BCUT2D eigenvalue weighted by atomic mass is 9.87. The molecule has 0 bridgehead atoms. The van der Waals surface area contributed by atoms with E-state index >= 15 is 0 Å². The van der Waals surface area contributed by atoms with Gasteiger partial charge in [-0.25, -0.2) is 0 Å². The summed E-state index contributed by atoms with van der Waals surface area (Å²) in [6.45, 7) is 3.49. The molecule has 0 aliphatic carbocycles. The molecule has 5 rings (SSSR count). The van der Waals surface area contributed by atoms with Gasteiger partial charge in [0.2, 0.25) is 0 Å². The molecule has 1 N–H and O–H groups in total. The van der Waals surface area contributed by atoms with Crippen LogP contribution in [-0.4, -0.2) is 25.7 Å². The zero-order valence-corrected chi connectivity index (χ0v) is 14.6. The quantitative estimate of drug-likeness (QED) is 0.817. The second-order valence-electron chi connectivity index (χ2n) is 7.37. The van der Waals surface area contributed by atoms with Crippen LogP contribution < -0.4 is 10.2 Å². The first kappa shape index (κ1) is 14.8. The first-order valence-electron chi connectivity index (χ1n) is 9.22. The van der Waals surface area contributed by atoms with Crippen LogP contribution >= 0.6 is 11.6 Å². The van der Waals surface area contributed by atoms with Gasteiger partial charge in [-0.2, -0.15) is 0 Å². The van der Waals surface area contributed by atoms with Crippen molar-refractivity contribution in [2.45, 2.75) is 37.6 Å². The number of halogens is 1. The van der Waals surface area contributed by atoms with E-state index < -0.39 is 0 Å². The van der Waals surface area contributed by atoms with Gasteiger partial charge in [-0.05, 0) is 67.1 Å². The monoisotopic (exact) mass is 338 g/mol. The fourth-order valence-corrected chi connectivity index (χ4v) is 5.21. The highest BCUT2D eigenvalue weighted by Gasteiger charge is 2.41. The minimum atomic E-state index is 0.632. The molecule has 124 valence electrons. The van der Waals surface area contributed by atoms with Gasteiger partial charge in [0.05, 0.1) is 0 Å². The van der Waals surface area contributed by atoms with Crippen LogP contribution in [0.4, 0.5) is 5.69 Å². The largest absolute Gasteiger partial charge is 0.367 e. The van der Waals surface area contributed by atoms with Gasteiger partial charge in [0.15, 0.2) is 0 Å². The van der Waals surface area contributed by atoms with Crippen LogP contribution in [0.25, 0.3) is 11.1 Å². The van der Waals surface area contributed by atoms with E-state index in [9.17, 15) is 0 Å². The van der Waals surface area contributed by atoms with E-state index in [0.29, 0.717) is 12.0 Å². The van der Waals surface area contributed by atoms with Crippen LogP contribution in [0.15, 0.2) is 36.4 Å². The van der Waals surface area contributed by atoms with Crippen LogP contribution in [0, 0.1) is 0 Å². The maximum absolute atomic E-state index is 6.49. The molecule has 2 aromatic rings. The normalized spacial score (nSPS) is 25.1. The van der Waals surface area contributed by atoms with Crippen molar-refractivity contribution < 1.29 is 0 Å². The molecule has 0 radical (unpaired) electrons. The highest BCUT2D eigenvalue weighted by Crippen LogP contribution is 2.48. The summed E-state index contributed by atoms with van der Waals surface area (Å²) in [6, 6.07) is 13.8. The maximum atomic E-state index is 6.49. The van der Waals surface area contributed by atoms with Gasteiger partial charge in [0.25, 0.3) is 0 Å². The third-order valence-electron chi connectivity index (χ3n) is 6.03. The lowest BCUT2D eigenvalue weighted by Crippen LogP contribution is -2.44. The number of hydrogen-bond acceptors (Lipinski definition) is 2. The summed E-state index contributed by atoms with van der Waals surface area (Å²) in [4.78, 5) is 2.74. The zero-order valence-electron chi connectivity index (χ0n) is 13.9. The fraction of sp³-hybridized carbons (Fsp3) is 0.429. The molecule has 2 nitrogen and oxygen atoms in total. The molecular weight excluding hydrogens is 316 g/mol. The second-order valence-corrected chi connectivity index (χ2v) is 7.78. The summed E-state index contributed by atoms with van der Waals surface area (Å²) in [5.74, 6) is 0.632. The average Bonchev–Trinajstić information content (AvgIpc) is 2.77. The van der Waals surface area contributed by atoms with Gasteiger partial charge in [-0.1, -0.05) is 29.8 Å². The van der Waals surface area contributed by atoms with E-state index in [0.717, 1.165) is 18.1 Å². The fourth-order valence-electron chi connectivity index (χ4n) is 4.97. The second kappa shape index (κ2) is 5.79. The summed E-state index contributed by atoms with van der Waals surface area (Å²) in [6.07, 6.45) is 5.07. The predicted octanol–water partition coefficient (Wildman–Crippen LogP) is 4.61. The maximum Gasteiger partial charge on any atom is 0.0484 e. The van der Waals surface area contributed by atoms with Crippen LogP contribution in [0.3, 0.4) is 0 Å². The molecule has 1 saturated heterocycles. The van der Waals surface area contributed by atoms with Crippen LogP contribution in [0.1, 0.15) is 36.3 Å². The van der Waals surface area contributed by atoms with Crippen molar-refractivity contribution in [1.29, 1.82) is 0 Å². The Morgan fingerprint density at radius 1 is 1.12 bits per heavy atom. The lowest BCUT2D eigenvalue weighted by molar-refractivity contribution is 0.401. The predicted molar refractivity (Wildman–Crippen MR) is 101 cm³/mol. The Hall–Kier alpha value is -1.51. The van der Waals surface area contributed by atoms with Crippen molar-refractivity contribution in [3.05, 3.63) is 52.5 Å². The van der Waals surface area contributed by atoms with Crippen molar-refractivity contribution in [1.82, 2.24) is 5.32 Å². The summed E-state index contributed by atoms with van der Waals surface area (Å²) in [7, 11) is 0. The summed E-state index contributed by atoms with van der Waals surface area (Å²) >= 11 is 6.49. The van der Waals surface area contributed by atoms with Crippen LogP contribution in [0.5, 0.6) is 0 Å². The Balaban J connectivity index is 1.70. The number of hydrogen-bond donors (Lipinski definition) is 1. The average molecular weight is 339 g/mol. The van der Waals surface area contributed by atoms with Gasteiger partial charge in [-0.3, -0.25) is 0 Å². The summed E-state index contributed by atoms with van der Waals surface area (Å²) in [5.41, 5.74) is 7.11. The van der Waals surface area contributed by atoms with Crippen molar-refractivity contribution in [3.8, 4) is 11.1 Å². The number of fused-ring (bicyclic) bond motifs is 3. The van der Waals surface area contributed by atoms with Crippen molar-refractivity contribution in [3.63, 3.8) is 0 Å². The molecule has 3 aliphatic rings. The molecule has 3 heteroatoms. The third-order valence-corrected chi connectivity index (χ3v) is 6.36. The SMILES string of the molecule is Clc1ccccc1-c1cc2c3c(c1)[C@H]1CNCC[C@H]1N3CCCC2. The Labute approximate surface area is 148 Å². The van der Waals surface area contributed by atoms with Gasteiger partial charge in [0.1, 0.15) is 0 Å². The van der Waals surface area contributed by atoms with Gasteiger partial charge >= 0.3 is 0 Å². The number of benzene rings is 2. The molecule has 0 saturated carbocycles. The van der Waals surface area contributed by atoms with Crippen LogP contribution in [-0.2, 0) is 6.42 Å². The van der Waals surface area contributed by atoms with Crippen molar-refractivity contribution in [2.24, 2.45) is 0 Å². The van der Waals surface area contributed by atoms with E-state index in [2.05, 4.69) is 34.5 Å². The van der Waals surface area contributed by atoms with Crippen molar-refractivity contribution >= 4 is 17.3 Å². The standard InChI is InChI=1S/C21H23ClN2/c22-19-7-2-1-6-16(19)15-11-14-5-3-4-10-24-20-8-9-23-13-18(20)17(12-15)21(14)24/h1-2,6-7,11-12,18,20,23H,3-5,8-10,13H2/t18-,20-/m1/s1. The molecule has 2 aromatic carbocycles. The summed E-state index contributed by atoms with van der Waals surface area (Å²) in [5, 5.41) is 4.47. The summed E-state index contributed by atoms with van der Waals surface area (Å²) < 4.78 is 0.